The maximum Gasteiger partial charge on any atom is 0.437 e. The van der Waals surface area contributed by atoms with Gasteiger partial charge in [-0.1, -0.05) is 34.4 Å². The monoisotopic (exact) mass is 295 g/mol. The molecule has 0 radical (unpaired) electrons. The molecule has 1 aromatic rings. The lowest BCUT2D eigenvalue weighted by Crippen LogP contribution is -2.17. The second kappa shape index (κ2) is 6.54. The summed E-state index contributed by atoms with van der Waals surface area (Å²) in [6.07, 6.45) is -0.868. The molecule has 1 amide bonds. The number of anilines is 1. The van der Waals surface area contributed by atoms with Gasteiger partial charge in [0.05, 0.1) is 21.6 Å². The number of benzene rings is 1. The lowest BCUT2D eigenvalue weighted by molar-refractivity contribution is 0.166. The van der Waals surface area contributed by atoms with E-state index in [1.807, 2.05) is 0 Å². The highest BCUT2D eigenvalue weighted by atomic mass is 35.5. The van der Waals surface area contributed by atoms with E-state index in [0.717, 1.165) is 0 Å². The van der Waals surface area contributed by atoms with Gasteiger partial charge in [0, 0.05) is 0 Å². The molecule has 1 aromatic carbocycles. The van der Waals surface area contributed by atoms with Crippen molar-refractivity contribution in [2.75, 3.05) is 11.2 Å². The molecule has 0 unspecified atom stereocenters. The number of rotatable bonds is 3. The van der Waals surface area contributed by atoms with E-state index in [-0.39, 0.29) is 27.4 Å². The topological polar surface area (TPSA) is 76.7 Å². The third-order valence-corrected chi connectivity index (χ3v) is 2.48. The van der Waals surface area contributed by atoms with E-state index in [0.29, 0.717) is 0 Å². The zero-order valence-electron chi connectivity index (χ0n) is 8.41. The molecule has 0 heterocycles. The molecule has 0 fully saturated rings. The normalized spacial score (nSPS) is 11.1. The van der Waals surface area contributed by atoms with Gasteiger partial charge in [-0.05, 0) is 12.1 Å². The van der Waals surface area contributed by atoms with Crippen LogP contribution in [0.4, 0.5) is 10.5 Å². The van der Waals surface area contributed by atoms with Crippen LogP contribution in [0.2, 0.25) is 10.0 Å². The first-order valence-electron chi connectivity index (χ1n) is 4.35. The molecule has 0 aliphatic rings. The second-order valence-corrected chi connectivity index (χ2v) is 3.90. The van der Waals surface area contributed by atoms with Gasteiger partial charge in [-0.25, -0.2) is 4.79 Å². The SMILES string of the molecule is NC(CCl)=NOC(=O)Nc1c(Cl)cccc1Cl. The molecule has 8 heteroatoms. The fourth-order valence-corrected chi connectivity index (χ4v) is 1.41. The summed E-state index contributed by atoms with van der Waals surface area (Å²) in [7, 11) is 0. The number of oxime groups is 1. The summed E-state index contributed by atoms with van der Waals surface area (Å²) in [5.74, 6) is -0.0628. The van der Waals surface area contributed by atoms with E-state index in [1.165, 1.54) is 0 Å². The van der Waals surface area contributed by atoms with E-state index in [1.54, 1.807) is 18.2 Å². The number of nitrogens with one attached hydrogen (secondary N) is 1. The first-order chi connectivity index (χ1) is 8.04. The van der Waals surface area contributed by atoms with Gasteiger partial charge < -0.3 is 5.73 Å². The lowest BCUT2D eigenvalue weighted by Gasteiger charge is -2.06. The molecule has 0 bridgehead atoms. The Morgan fingerprint density at radius 1 is 1.41 bits per heavy atom. The van der Waals surface area contributed by atoms with Gasteiger partial charge in [0.25, 0.3) is 0 Å². The third kappa shape index (κ3) is 4.30. The number of amidine groups is 1. The van der Waals surface area contributed by atoms with Gasteiger partial charge in [0.1, 0.15) is 0 Å². The third-order valence-electron chi connectivity index (χ3n) is 1.57. The van der Waals surface area contributed by atoms with Gasteiger partial charge in [-0.3, -0.25) is 10.2 Å². The molecular formula is C9H8Cl3N3O2. The minimum atomic E-state index is -0.868. The summed E-state index contributed by atoms with van der Waals surface area (Å²) >= 11 is 17.0. The van der Waals surface area contributed by atoms with Crippen molar-refractivity contribution in [3.63, 3.8) is 0 Å². The molecule has 0 spiro atoms. The summed E-state index contributed by atoms with van der Waals surface area (Å²) in [4.78, 5) is 15.7. The maximum absolute atomic E-state index is 11.3. The van der Waals surface area contributed by atoms with Crippen molar-refractivity contribution in [2.24, 2.45) is 10.9 Å². The van der Waals surface area contributed by atoms with E-state index in [4.69, 9.17) is 40.5 Å². The number of para-hydroxylation sites is 1. The predicted octanol–water partition coefficient (Wildman–Crippen LogP) is 3.05. The Morgan fingerprint density at radius 2 is 2.00 bits per heavy atom. The van der Waals surface area contributed by atoms with Gasteiger partial charge in [0.2, 0.25) is 0 Å². The average Bonchev–Trinajstić information content (AvgIpc) is 2.31. The van der Waals surface area contributed by atoms with E-state index in [9.17, 15) is 4.79 Å². The Labute approximate surface area is 112 Å². The van der Waals surface area contributed by atoms with Crippen molar-refractivity contribution in [1.82, 2.24) is 0 Å². The summed E-state index contributed by atoms with van der Waals surface area (Å²) in [5, 5.41) is 6.15. The van der Waals surface area contributed by atoms with Crippen LogP contribution in [0.3, 0.4) is 0 Å². The Balaban J connectivity index is 2.69. The molecule has 5 nitrogen and oxygen atoms in total. The largest absolute Gasteiger partial charge is 0.437 e. The standard InChI is InChI=1S/C9H8Cl3N3O2/c10-4-7(13)15-17-9(16)14-8-5(11)2-1-3-6(8)12/h1-3H,4H2,(H2,13,15)(H,14,16). The molecule has 3 N–H and O–H groups in total. The van der Waals surface area contributed by atoms with Crippen LogP contribution in [0, 0.1) is 0 Å². The second-order valence-electron chi connectivity index (χ2n) is 2.82. The van der Waals surface area contributed by atoms with Crippen molar-refractivity contribution in [2.45, 2.75) is 0 Å². The van der Waals surface area contributed by atoms with Gasteiger partial charge in [0.15, 0.2) is 5.84 Å². The Hall–Kier alpha value is -1.17. The summed E-state index contributed by atoms with van der Waals surface area (Å²) in [6, 6.07) is 4.78. The minimum absolute atomic E-state index is 0.0212. The van der Waals surface area contributed by atoms with E-state index in [2.05, 4.69) is 15.3 Å². The van der Waals surface area contributed by atoms with Crippen molar-refractivity contribution in [1.29, 1.82) is 0 Å². The highest BCUT2D eigenvalue weighted by Gasteiger charge is 2.10. The fraction of sp³-hybridized carbons (Fsp3) is 0.111. The van der Waals surface area contributed by atoms with Crippen LogP contribution in [0.1, 0.15) is 0 Å². The van der Waals surface area contributed by atoms with Gasteiger partial charge in [-0.15, -0.1) is 11.6 Å². The number of alkyl halides is 1. The number of nitrogens with two attached hydrogens (primary N) is 1. The first kappa shape index (κ1) is 13.9. The van der Waals surface area contributed by atoms with Crippen molar-refractivity contribution < 1.29 is 9.63 Å². The van der Waals surface area contributed by atoms with Crippen LogP contribution in [0.25, 0.3) is 0 Å². The Morgan fingerprint density at radius 3 is 2.53 bits per heavy atom. The minimum Gasteiger partial charge on any atom is -0.383 e. The summed E-state index contributed by atoms with van der Waals surface area (Å²) < 4.78 is 0. The average molecular weight is 297 g/mol. The zero-order valence-corrected chi connectivity index (χ0v) is 10.7. The summed E-state index contributed by atoms with van der Waals surface area (Å²) in [5.41, 5.74) is 5.47. The van der Waals surface area contributed by atoms with Crippen molar-refractivity contribution in [3.05, 3.63) is 28.2 Å². The molecule has 0 aliphatic carbocycles. The number of halogens is 3. The predicted molar refractivity (Wildman–Crippen MR) is 68.9 cm³/mol. The number of carbonyl (C=O) groups is 1. The lowest BCUT2D eigenvalue weighted by atomic mass is 10.3. The molecule has 1 rings (SSSR count). The number of hydrogen-bond acceptors (Lipinski definition) is 3. The van der Waals surface area contributed by atoms with E-state index < -0.39 is 6.09 Å². The molecular weight excluding hydrogens is 288 g/mol. The summed E-state index contributed by atoms with van der Waals surface area (Å²) in [6.45, 7) is 0. The van der Waals surface area contributed by atoms with Crippen LogP contribution in [0.15, 0.2) is 23.4 Å². The molecule has 0 saturated heterocycles. The van der Waals surface area contributed by atoms with Gasteiger partial charge in [-0.2, -0.15) is 0 Å². The highest BCUT2D eigenvalue weighted by Crippen LogP contribution is 2.29. The fourth-order valence-electron chi connectivity index (χ4n) is 0.867. The zero-order chi connectivity index (χ0) is 12.8. The molecule has 0 aromatic heterocycles. The first-order valence-corrected chi connectivity index (χ1v) is 5.64. The van der Waals surface area contributed by atoms with Crippen molar-refractivity contribution in [3.8, 4) is 0 Å². The van der Waals surface area contributed by atoms with Crippen LogP contribution in [0.5, 0.6) is 0 Å². The molecule has 0 saturated carbocycles. The van der Waals surface area contributed by atoms with Gasteiger partial charge >= 0.3 is 6.09 Å². The highest BCUT2D eigenvalue weighted by molar-refractivity contribution is 6.39. The quantitative estimate of drug-likeness (QED) is 0.296. The van der Waals surface area contributed by atoms with Crippen molar-refractivity contribution >= 4 is 52.4 Å². The molecule has 17 heavy (non-hydrogen) atoms. The Kier molecular flexibility index (Phi) is 5.34. The van der Waals surface area contributed by atoms with Crippen LogP contribution >= 0.6 is 34.8 Å². The number of amides is 1. The molecule has 0 aliphatic heterocycles. The number of carbonyl (C=O) groups excluding carboxylic acids is 1. The number of hydrogen-bond donors (Lipinski definition) is 2. The maximum atomic E-state index is 11.3. The molecule has 0 atom stereocenters. The van der Waals surface area contributed by atoms with E-state index >= 15 is 0 Å². The Bertz CT molecular complexity index is 431. The number of nitrogens with zero attached hydrogens (tertiary/aromatic N) is 1. The van der Waals surface area contributed by atoms with Crippen LogP contribution in [-0.4, -0.2) is 17.8 Å². The molecule has 92 valence electrons. The van der Waals surface area contributed by atoms with Crippen LogP contribution in [-0.2, 0) is 4.84 Å². The van der Waals surface area contributed by atoms with Crippen LogP contribution < -0.4 is 11.1 Å². The smallest absolute Gasteiger partial charge is 0.383 e.